The number of aryl methyl sites for hydroxylation is 2. The molecule has 1 saturated heterocycles. The number of nitrogens with zero attached hydrogens (tertiary/aromatic N) is 1. The monoisotopic (exact) mass is 491 g/mol. The van der Waals surface area contributed by atoms with Gasteiger partial charge in [0.15, 0.2) is 0 Å². The van der Waals surface area contributed by atoms with E-state index in [0.29, 0.717) is 37.7 Å². The fraction of sp³-hybridized carbons (Fsp3) is 0.391. The van der Waals surface area contributed by atoms with Crippen molar-refractivity contribution in [3.8, 4) is 0 Å². The molecule has 1 unspecified atom stereocenters. The van der Waals surface area contributed by atoms with Gasteiger partial charge in [0.1, 0.15) is 0 Å². The van der Waals surface area contributed by atoms with Crippen molar-refractivity contribution in [3.63, 3.8) is 0 Å². The predicted octanol–water partition coefficient (Wildman–Crippen LogP) is 3.02. The van der Waals surface area contributed by atoms with Crippen molar-refractivity contribution in [2.24, 2.45) is 0 Å². The normalized spacial score (nSPS) is 15.6. The Hall–Kier alpha value is -2.40. The van der Waals surface area contributed by atoms with Crippen LogP contribution in [0.2, 0.25) is 0 Å². The van der Waals surface area contributed by atoms with Crippen LogP contribution in [0.1, 0.15) is 18.1 Å². The third kappa shape index (κ3) is 6.80. The van der Waals surface area contributed by atoms with Gasteiger partial charge in [-0.2, -0.15) is 4.31 Å². The average Bonchev–Trinajstić information content (AvgIpc) is 2.80. The van der Waals surface area contributed by atoms with Crippen LogP contribution in [0.3, 0.4) is 0 Å². The lowest BCUT2D eigenvalue weighted by Gasteiger charge is -2.26. The standard InChI is InChI=1S/C23H29N3O5S2/c1-16-4-7-19(8-5-16)24-22(27)15-32-18(3)23(28)25-21-14-20(9-6-17(21)2)33(29,30)26-10-12-31-13-11-26/h4-9,14,18H,10-13,15H2,1-3H3,(H,24,27)(H,25,28). The van der Waals surface area contributed by atoms with E-state index in [1.807, 2.05) is 31.2 Å². The molecule has 2 aromatic rings. The van der Waals surface area contributed by atoms with Gasteiger partial charge in [-0.25, -0.2) is 8.42 Å². The molecule has 178 valence electrons. The van der Waals surface area contributed by atoms with Crippen LogP contribution < -0.4 is 10.6 Å². The second-order valence-electron chi connectivity index (χ2n) is 7.85. The van der Waals surface area contributed by atoms with Crippen LogP contribution in [0.5, 0.6) is 0 Å². The molecule has 1 heterocycles. The Labute approximate surface area is 199 Å². The van der Waals surface area contributed by atoms with Crippen molar-refractivity contribution in [2.75, 3.05) is 42.7 Å². The fourth-order valence-corrected chi connectivity index (χ4v) is 5.30. The molecular formula is C23H29N3O5S2. The summed E-state index contributed by atoms with van der Waals surface area (Å²) in [5, 5.41) is 5.10. The molecule has 33 heavy (non-hydrogen) atoms. The van der Waals surface area contributed by atoms with Crippen LogP contribution >= 0.6 is 11.8 Å². The van der Waals surface area contributed by atoms with Crippen LogP contribution in [0, 0.1) is 13.8 Å². The van der Waals surface area contributed by atoms with Gasteiger partial charge in [0, 0.05) is 24.5 Å². The van der Waals surface area contributed by atoms with Crippen molar-refractivity contribution in [2.45, 2.75) is 30.9 Å². The first-order valence-electron chi connectivity index (χ1n) is 10.6. The molecule has 0 aliphatic carbocycles. The van der Waals surface area contributed by atoms with Gasteiger partial charge in [0.25, 0.3) is 0 Å². The van der Waals surface area contributed by atoms with E-state index in [1.54, 1.807) is 26.0 Å². The minimum absolute atomic E-state index is 0.118. The Bertz CT molecular complexity index is 1100. The molecule has 2 amide bonds. The quantitative estimate of drug-likeness (QED) is 0.588. The molecule has 0 bridgehead atoms. The molecule has 2 N–H and O–H groups in total. The SMILES string of the molecule is Cc1ccc(NC(=O)CSC(C)C(=O)Nc2cc(S(=O)(=O)N3CCOCC3)ccc2C)cc1. The van der Waals surface area contributed by atoms with E-state index < -0.39 is 15.3 Å². The van der Waals surface area contributed by atoms with Gasteiger partial charge in [-0.1, -0.05) is 23.8 Å². The summed E-state index contributed by atoms with van der Waals surface area (Å²) < 4.78 is 32.5. The molecule has 0 radical (unpaired) electrons. The highest BCUT2D eigenvalue weighted by atomic mass is 32.2. The molecule has 3 rings (SSSR count). The van der Waals surface area contributed by atoms with Gasteiger partial charge in [-0.3, -0.25) is 9.59 Å². The van der Waals surface area contributed by atoms with Gasteiger partial charge in [0.2, 0.25) is 21.8 Å². The maximum Gasteiger partial charge on any atom is 0.243 e. The summed E-state index contributed by atoms with van der Waals surface area (Å²) in [5.41, 5.74) is 2.99. The van der Waals surface area contributed by atoms with Crippen LogP contribution in [0.15, 0.2) is 47.4 Å². The highest BCUT2D eigenvalue weighted by molar-refractivity contribution is 8.01. The number of ether oxygens (including phenoxy) is 1. The lowest BCUT2D eigenvalue weighted by molar-refractivity contribution is -0.115. The third-order valence-electron chi connectivity index (χ3n) is 5.24. The Morgan fingerprint density at radius 1 is 1.06 bits per heavy atom. The molecular weight excluding hydrogens is 462 g/mol. The lowest BCUT2D eigenvalue weighted by Crippen LogP contribution is -2.40. The number of rotatable bonds is 8. The molecule has 10 heteroatoms. The lowest BCUT2D eigenvalue weighted by atomic mass is 10.2. The molecule has 1 atom stereocenters. The minimum atomic E-state index is -3.67. The largest absolute Gasteiger partial charge is 0.379 e. The first-order valence-corrected chi connectivity index (χ1v) is 13.1. The zero-order valence-electron chi connectivity index (χ0n) is 19.0. The fourth-order valence-electron chi connectivity index (χ4n) is 3.18. The summed E-state index contributed by atoms with van der Waals surface area (Å²) in [6, 6.07) is 12.2. The first kappa shape index (κ1) is 25.2. The van der Waals surface area contributed by atoms with Gasteiger partial charge in [-0.15, -0.1) is 11.8 Å². The number of hydrogen-bond acceptors (Lipinski definition) is 6. The molecule has 1 aliphatic rings. The number of sulfonamides is 1. The van der Waals surface area contributed by atoms with E-state index in [0.717, 1.165) is 11.1 Å². The summed E-state index contributed by atoms with van der Waals surface area (Å²) in [7, 11) is -3.67. The smallest absolute Gasteiger partial charge is 0.243 e. The van der Waals surface area contributed by atoms with E-state index >= 15 is 0 Å². The average molecular weight is 492 g/mol. The number of thioether (sulfide) groups is 1. The molecule has 0 spiro atoms. The van der Waals surface area contributed by atoms with Crippen LogP contribution in [0.4, 0.5) is 11.4 Å². The van der Waals surface area contributed by atoms with Gasteiger partial charge in [-0.05, 0) is 50.6 Å². The summed E-state index contributed by atoms with van der Waals surface area (Å²) in [4.78, 5) is 25.0. The number of hydrogen-bond donors (Lipinski definition) is 2. The second kappa shape index (κ2) is 11.1. The van der Waals surface area contributed by atoms with E-state index in [-0.39, 0.29) is 22.5 Å². The zero-order chi connectivity index (χ0) is 24.0. The number of anilines is 2. The van der Waals surface area contributed by atoms with Gasteiger partial charge >= 0.3 is 0 Å². The predicted molar refractivity (Wildman–Crippen MR) is 131 cm³/mol. The van der Waals surface area contributed by atoms with Crippen LogP contribution in [-0.4, -0.2) is 61.8 Å². The summed E-state index contributed by atoms with van der Waals surface area (Å²) in [5.74, 6) is -0.377. The molecule has 1 fully saturated rings. The van der Waals surface area contributed by atoms with E-state index in [2.05, 4.69) is 10.6 Å². The Kier molecular flexibility index (Phi) is 8.52. The van der Waals surface area contributed by atoms with Gasteiger partial charge in [0.05, 0.1) is 29.1 Å². The van der Waals surface area contributed by atoms with Crippen molar-refractivity contribution in [3.05, 3.63) is 53.6 Å². The molecule has 0 saturated carbocycles. The second-order valence-corrected chi connectivity index (χ2v) is 11.1. The van der Waals surface area contributed by atoms with Crippen molar-refractivity contribution >= 4 is 45.0 Å². The Morgan fingerprint density at radius 3 is 2.39 bits per heavy atom. The number of carbonyl (C=O) groups is 2. The maximum absolute atomic E-state index is 12.9. The van der Waals surface area contributed by atoms with Crippen LogP contribution in [-0.2, 0) is 24.3 Å². The molecule has 2 aromatic carbocycles. The summed E-state index contributed by atoms with van der Waals surface area (Å²) in [6.45, 7) is 6.81. The molecule has 1 aliphatic heterocycles. The maximum atomic E-state index is 12.9. The highest BCUT2D eigenvalue weighted by Crippen LogP contribution is 2.25. The number of benzene rings is 2. The van der Waals surface area contributed by atoms with Crippen molar-refractivity contribution in [1.29, 1.82) is 0 Å². The zero-order valence-corrected chi connectivity index (χ0v) is 20.6. The van der Waals surface area contributed by atoms with Crippen molar-refractivity contribution < 1.29 is 22.7 Å². The summed E-state index contributed by atoms with van der Waals surface area (Å²) >= 11 is 1.21. The first-order chi connectivity index (χ1) is 15.7. The minimum Gasteiger partial charge on any atom is -0.379 e. The third-order valence-corrected chi connectivity index (χ3v) is 8.28. The van der Waals surface area contributed by atoms with E-state index in [4.69, 9.17) is 4.74 Å². The molecule has 0 aromatic heterocycles. The van der Waals surface area contributed by atoms with E-state index in [9.17, 15) is 18.0 Å². The number of nitrogens with one attached hydrogen (secondary N) is 2. The van der Waals surface area contributed by atoms with Crippen molar-refractivity contribution in [1.82, 2.24) is 4.31 Å². The van der Waals surface area contributed by atoms with Gasteiger partial charge < -0.3 is 15.4 Å². The van der Waals surface area contributed by atoms with Crippen LogP contribution in [0.25, 0.3) is 0 Å². The number of amides is 2. The number of morpholine rings is 1. The molecule has 8 nitrogen and oxygen atoms in total. The summed E-state index contributed by atoms with van der Waals surface area (Å²) in [6.07, 6.45) is 0. The Balaban J connectivity index is 1.59. The highest BCUT2D eigenvalue weighted by Gasteiger charge is 2.27. The Morgan fingerprint density at radius 2 is 1.73 bits per heavy atom. The number of carbonyl (C=O) groups excluding carboxylic acids is 2. The topological polar surface area (TPSA) is 105 Å². The van der Waals surface area contributed by atoms with E-state index in [1.165, 1.54) is 22.1 Å².